The van der Waals surface area contributed by atoms with E-state index < -0.39 is 23.5 Å². The van der Waals surface area contributed by atoms with Crippen molar-refractivity contribution in [1.29, 1.82) is 0 Å². The molecule has 190 valence electrons. The molecule has 0 fully saturated rings. The number of rotatable bonds is 4. The largest absolute Gasteiger partial charge is 0.503 e. The fourth-order valence-electron chi connectivity index (χ4n) is 4.74. The number of hydrogen-bond donors (Lipinski definition) is 1. The molecular weight excluding hydrogens is 564 g/mol. The number of nitrogens with zero attached hydrogens (tertiary/aromatic N) is 2. The number of anilines is 1. The van der Waals surface area contributed by atoms with Crippen molar-refractivity contribution in [2.75, 3.05) is 4.90 Å². The number of aromatic nitrogens is 1. The van der Waals surface area contributed by atoms with E-state index in [1.54, 1.807) is 12.1 Å². The number of ketones is 1. The minimum absolute atomic E-state index is 0.0316. The second-order valence-electron chi connectivity index (χ2n) is 10.3. The molecule has 6 nitrogen and oxygen atoms in total. The number of Topliss-reactive ketones (excluding diaryl/α,β-unsaturated/α-hetero) is 1. The van der Waals surface area contributed by atoms with E-state index in [2.05, 4.69) is 41.7 Å². The fraction of sp³-hybridized carbons (Fsp3) is 0.167. The van der Waals surface area contributed by atoms with Crippen LogP contribution in [-0.2, 0) is 10.2 Å². The van der Waals surface area contributed by atoms with Gasteiger partial charge < -0.3 is 9.52 Å². The van der Waals surface area contributed by atoms with Gasteiger partial charge >= 0.3 is 0 Å². The number of amides is 1. The van der Waals surface area contributed by atoms with Crippen LogP contribution in [0.4, 0.5) is 5.13 Å². The number of carbonyl (C=O) groups excluding carboxylic acids is 2. The molecule has 2 aromatic heterocycles. The summed E-state index contributed by atoms with van der Waals surface area (Å²) in [5, 5.41) is 12.3. The summed E-state index contributed by atoms with van der Waals surface area (Å²) in [5.74, 6) is -1.76. The molecule has 38 heavy (non-hydrogen) atoms. The third-order valence-electron chi connectivity index (χ3n) is 6.74. The number of aliphatic hydroxyl groups excluding tert-OH is 1. The van der Waals surface area contributed by atoms with Crippen LogP contribution in [-0.4, -0.2) is 21.8 Å². The van der Waals surface area contributed by atoms with Gasteiger partial charge in [0.05, 0.1) is 21.8 Å². The Morgan fingerprint density at radius 1 is 1.05 bits per heavy atom. The van der Waals surface area contributed by atoms with Crippen molar-refractivity contribution in [3.8, 4) is 0 Å². The van der Waals surface area contributed by atoms with Crippen LogP contribution in [0.1, 0.15) is 48.5 Å². The summed E-state index contributed by atoms with van der Waals surface area (Å²) in [6, 6.07) is 21.6. The number of carbonyl (C=O) groups is 2. The van der Waals surface area contributed by atoms with Gasteiger partial charge in [-0.3, -0.25) is 14.5 Å². The van der Waals surface area contributed by atoms with Gasteiger partial charge in [0.25, 0.3) is 5.91 Å². The molecule has 1 atom stereocenters. The van der Waals surface area contributed by atoms with Crippen LogP contribution in [0.15, 0.2) is 93.0 Å². The minimum Gasteiger partial charge on any atom is -0.503 e. The van der Waals surface area contributed by atoms with E-state index >= 15 is 0 Å². The van der Waals surface area contributed by atoms with Gasteiger partial charge in [-0.15, -0.1) is 0 Å². The first-order valence-corrected chi connectivity index (χ1v) is 13.7. The summed E-state index contributed by atoms with van der Waals surface area (Å²) in [6.07, 6.45) is 0. The molecule has 1 aliphatic rings. The maximum atomic E-state index is 13.9. The van der Waals surface area contributed by atoms with Crippen LogP contribution in [0, 0.1) is 0 Å². The lowest BCUT2D eigenvalue weighted by molar-refractivity contribution is -0.117. The number of hydrogen-bond acceptors (Lipinski definition) is 6. The monoisotopic (exact) mass is 586 g/mol. The van der Waals surface area contributed by atoms with Crippen molar-refractivity contribution in [1.82, 2.24) is 4.98 Å². The molecule has 0 saturated heterocycles. The zero-order chi connectivity index (χ0) is 26.8. The molecule has 3 aromatic carbocycles. The lowest BCUT2D eigenvalue weighted by Gasteiger charge is -2.25. The predicted molar refractivity (Wildman–Crippen MR) is 153 cm³/mol. The summed E-state index contributed by atoms with van der Waals surface area (Å²) >= 11 is 4.77. The topological polar surface area (TPSA) is 83.6 Å². The molecular formula is C30H23BrN2O4S. The first-order chi connectivity index (χ1) is 18.1. The van der Waals surface area contributed by atoms with Crippen LogP contribution < -0.4 is 4.90 Å². The molecule has 1 N–H and O–H groups in total. The lowest BCUT2D eigenvalue weighted by atomic mass is 9.85. The number of aliphatic hydroxyl groups is 1. The number of halogens is 1. The Hall–Kier alpha value is -3.75. The highest BCUT2D eigenvalue weighted by atomic mass is 79.9. The maximum absolute atomic E-state index is 13.9. The highest BCUT2D eigenvalue weighted by molar-refractivity contribution is 9.10. The average Bonchev–Trinajstić information content (AvgIpc) is 3.57. The molecule has 0 bridgehead atoms. The molecule has 0 radical (unpaired) electrons. The third kappa shape index (κ3) is 4.04. The summed E-state index contributed by atoms with van der Waals surface area (Å²) in [4.78, 5) is 33.5. The van der Waals surface area contributed by atoms with Gasteiger partial charge in [0, 0.05) is 9.86 Å². The molecule has 1 amide bonds. The summed E-state index contributed by atoms with van der Waals surface area (Å²) in [7, 11) is 0. The Balaban J connectivity index is 1.50. The van der Waals surface area contributed by atoms with Gasteiger partial charge in [-0.25, -0.2) is 4.98 Å². The molecule has 0 spiro atoms. The Morgan fingerprint density at radius 2 is 1.79 bits per heavy atom. The minimum atomic E-state index is -0.871. The molecule has 5 aromatic rings. The molecule has 3 heterocycles. The third-order valence-corrected chi connectivity index (χ3v) is 8.26. The molecule has 1 aliphatic heterocycles. The Labute approximate surface area is 231 Å². The quantitative estimate of drug-likeness (QED) is 0.216. The van der Waals surface area contributed by atoms with E-state index in [4.69, 9.17) is 4.42 Å². The molecule has 1 unspecified atom stereocenters. The van der Waals surface area contributed by atoms with Crippen LogP contribution >= 0.6 is 27.3 Å². The van der Waals surface area contributed by atoms with Gasteiger partial charge in [0.15, 0.2) is 16.7 Å². The molecule has 8 heteroatoms. The lowest BCUT2D eigenvalue weighted by Crippen LogP contribution is -2.31. The van der Waals surface area contributed by atoms with Crippen molar-refractivity contribution >= 4 is 65.3 Å². The van der Waals surface area contributed by atoms with Gasteiger partial charge in [0.2, 0.25) is 5.78 Å². The van der Waals surface area contributed by atoms with Gasteiger partial charge in [0.1, 0.15) is 5.58 Å². The average molecular weight is 587 g/mol. The Bertz CT molecular complexity index is 1740. The number of benzene rings is 3. The number of furan rings is 1. The fourth-order valence-corrected chi connectivity index (χ4v) is 6.11. The zero-order valence-corrected chi connectivity index (χ0v) is 23.3. The highest BCUT2D eigenvalue weighted by Gasteiger charge is 2.46. The number of fused-ring (bicyclic) bond motifs is 2. The Kier molecular flexibility index (Phi) is 5.77. The van der Waals surface area contributed by atoms with Crippen molar-refractivity contribution < 1.29 is 19.1 Å². The van der Waals surface area contributed by atoms with E-state index in [9.17, 15) is 14.7 Å². The molecule has 6 rings (SSSR count). The van der Waals surface area contributed by atoms with E-state index in [1.165, 1.54) is 16.2 Å². The molecule has 0 aliphatic carbocycles. The van der Waals surface area contributed by atoms with E-state index in [0.717, 1.165) is 25.6 Å². The van der Waals surface area contributed by atoms with Crippen molar-refractivity contribution in [3.63, 3.8) is 0 Å². The standard InChI is InChI=1S/C30H23BrN2O4S/c1-30(2,3)18-10-8-16(9-11-18)25-24(26(34)22-15-17-14-19(31)12-13-21(17)37-22)27(35)28(36)33(25)29-32-20-6-4-5-7-23(20)38-29/h4-15,25,35H,1-3H3. The van der Waals surface area contributed by atoms with Gasteiger partial charge in [-0.2, -0.15) is 0 Å². The van der Waals surface area contributed by atoms with E-state index in [-0.39, 0.29) is 16.7 Å². The van der Waals surface area contributed by atoms with Crippen molar-refractivity contribution in [2.45, 2.75) is 32.2 Å². The van der Waals surface area contributed by atoms with E-state index in [1.807, 2.05) is 60.7 Å². The SMILES string of the molecule is CC(C)(C)c1ccc(C2C(C(=O)c3cc4cc(Br)ccc4o3)=C(O)C(=O)N2c2nc3ccccc3s2)cc1. The summed E-state index contributed by atoms with van der Waals surface area (Å²) in [6.45, 7) is 6.36. The van der Waals surface area contributed by atoms with Crippen molar-refractivity contribution in [3.05, 3.63) is 105 Å². The maximum Gasteiger partial charge on any atom is 0.296 e. The number of para-hydroxylation sites is 1. The second kappa shape index (κ2) is 8.92. The van der Waals surface area contributed by atoms with Gasteiger partial charge in [-0.1, -0.05) is 84.4 Å². The van der Waals surface area contributed by atoms with Crippen LogP contribution in [0.25, 0.3) is 21.2 Å². The predicted octanol–water partition coefficient (Wildman–Crippen LogP) is 7.89. The zero-order valence-electron chi connectivity index (χ0n) is 20.9. The summed E-state index contributed by atoms with van der Waals surface area (Å²) < 4.78 is 7.61. The van der Waals surface area contributed by atoms with Crippen LogP contribution in [0.2, 0.25) is 0 Å². The normalized spacial score (nSPS) is 16.3. The smallest absolute Gasteiger partial charge is 0.296 e. The highest BCUT2D eigenvalue weighted by Crippen LogP contribution is 2.44. The molecule has 0 saturated carbocycles. The van der Waals surface area contributed by atoms with Gasteiger partial charge in [-0.05, 0) is 52.9 Å². The van der Waals surface area contributed by atoms with Crippen LogP contribution in [0.5, 0.6) is 0 Å². The second-order valence-corrected chi connectivity index (χ2v) is 12.2. The van der Waals surface area contributed by atoms with Crippen LogP contribution in [0.3, 0.4) is 0 Å². The Morgan fingerprint density at radius 3 is 2.50 bits per heavy atom. The van der Waals surface area contributed by atoms with Crippen molar-refractivity contribution in [2.24, 2.45) is 0 Å². The first kappa shape index (κ1) is 24.6. The number of thiazole rings is 1. The first-order valence-electron chi connectivity index (χ1n) is 12.1. The van der Waals surface area contributed by atoms with E-state index in [0.29, 0.717) is 16.3 Å². The summed E-state index contributed by atoms with van der Waals surface area (Å²) in [5.41, 5.74) is 2.98.